The Kier molecular flexibility index (Phi) is 1.85. The average molecular weight is 191 g/mol. The van der Waals surface area contributed by atoms with E-state index in [9.17, 15) is 5.11 Å². The van der Waals surface area contributed by atoms with Crippen molar-refractivity contribution in [2.24, 2.45) is 10.9 Å². The van der Waals surface area contributed by atoms with E-state index in [1.54, 1.807) is 12.1 Å². The molecule has 0 saturated heterocycles. The molecule has 14 heavy (non-hydrogen) atoms. The molecule has 72 valence electrons. The van der Waals surface area contributed by atoms with Gasteiger partial charge in [-0.15, -0.1) is 0 Å². The summed E-state index contributed by atoms with van der Waals surface area (Å²) in [5.41, 5.74) is 1.72. The normalized spacial score (nSPS) is 11.5. The van der Waals surface area contributed by atoms with E-state index in [2.05, 4.69) is 10.3 Å². The summed E-state index contributed by atoms with van der Waals surface area (Å²) in [6.07, 6.45) is 1.34. The van der Waals surface area contributed by atoms with Crippen LogP contribution >= 0.6 is 0 Å². The summed E-state index contributed by atoms with van der Waals surface area (Å²) >= 11 is 0. The minimum Gasteiger partial charge on any atom is -0.507 e. The van der Waals surface area contributed by atoms with Gasteiger partial charge >= 0.3 is 0 Å². The molecule has 1 aromatic carbocycles. The third-order valence-corrected chi connectivity index (χ3v) is 2.04. The lowest BCUT2D eigenvalue weighted by atomic mass is 10.1. The van der Waals surface area contributed by atoms with Crippen LogP contribution in [0.5, 0.6) is 5.75 Å². The van der Waals surface area contributed by atoms with Crippen LogP contribution in [0.1, 0.15) is 11.3 Å². The Morgan fingerprint density at radius 1 is 1.57 bits per heavy atom. The van der Waals surface area contributed by atoms with E-state index in [-0.39, 0.29) is 5.75 Å². The van der Waals surface area contributed by atoms with Gasteiger partial charge in [0.1, 0.15) is 5.75 Å². The molecule has 0 unspecified atom stereocenters. The first kappa shape index (κ1) is 8.55. The quantitative estimate of drug-likeness (QED) is 0.402. The Bertz CT molecular complexity index is 502. The van der Waals surface area contributed by atoms with Gasteiger partial charge in [0.05, 0.1) is 17.5 Å². The van der Waals surface area contributed by atoms with Crippen LogP contribution in [-0.4, -0.2) is 16.5 Å². The monoisotopic (exact) mass is 191 g/mol. The maximum Gasteiger partial charge on any atom is 0.179 e. The molecule has 0 saturated carbocycles. The fraction of sp³-hybridized carbons (Fsp3) is 0.111. The fourth-order valence-electron chi connectivity index (χ4n) is 1.33. The number of benzene rings is 1. The Hall–Kier alpha value is -2.04. The lowest BCUT2D eigenvalue weighted by Crippen LogP contribution is -1.88. The zero-order valence-electron chi connectivity index (χ0n) is 7.56. The Labute approximate surface area is 79.8 Å². The van der Waals surface area contributed by atoms with Crippen molar-refractivity contribution in [2.45, 2.75) is 6.92 Å². The first-order valence-electron chi connectivity index (χ1n) is 4.05. The Balaban J connectivity index is 2.83. The van der Waals surface area contributed by atoms with Crippen molar-refractivity contribution >= 4 is 17.2 Å². The van der Waals surface area contributed by atoms with Crippen LogP contribution in [-0.2, 0) is 0 Å². The van der Waals surface area contributed by atoms with E-state index in [4.69, 9.17) is 10.4 Å². The van der Waals surface area contributed by atoms with Crippen LogP contribution < -0.4 is 5.84 Å². The number of phenols is 1. The van der Waals surface area contributed by atoms with Gasteiger partial charge in [-0.25, -0.2) is 0 Å². The first-order chi connectivity index (χ1) is 6.74. The van der Waals surface area contributed by atoms with Crippen molar-refractivity contribution in [1.82, 2.24) is 5.16 Å². The van der Waals surface area contributed by atoms with Crippen LogP contribution in [0.25, 0.3) is 11.0 Å². The molecule has 0 aliphatic heterocycles. The number of rotatable bonds is 1. The van der Waals surface area contributed by atoms with Crippen LogP contribution in [0.4, 0.5) is 0 Å². The van der Waals surface area contributed by atoms with Crippen LogP contribution in [0.15, 0.2) is 21.8 Å². The summed E-state index contributed by atoms with van der Waals surface area (Å²) in [4.78, 5) is 0. The van der Waals surface area contributed by atoms with Gasteiger partial charge in [0.2, 0.25) is 0 Å². The van der Waals surface area contributed by atoms with E-state index in [0.717, 1.165) is 11.1 Å². The number of fused-ring (bicyclic) bond motifs is 1. The summed E-state index contributed by atoms with van der Waals surface area (Å²) in [5, 5.41) is 17.5. The number of phenolic OH excluding ortho intramolecular Hbond substituents is 1. The van der Waals surface area contributed by atoms with Crippen molar-refractivity contribution in [3.05, 3.63) is 23.4 Å². The second kappa shape index (κ2) is 3.02. The molecular weight excluding hydrogens is 182 g/mol. The lowest BCUT2D eigenvalue weighted by Gasteiger charge is -1.97. The van der Waals surface area contributed by atoms with E-state index in [1.807, 2.05) is 6.92 Å². The molecule has 0 spiro atoms. The van der Waals surface area contributed by atoms with Gasteiger partial charge in [0.25, 0.3) is 0 Å². The maximum atomic E-state index is 9.51. The Morgan fingerprint density at radius 3 is 3.07 bits per heavy atom. The number of hydrazone groups is 1. The molecule has 0 aliphatic carbocycles. The molecule has 5 heteroatoms. The number of hydrogen-bond donors (Lipinski definition) is 2. The molecule has 0 amide bonds. The minimum atomic E-state index is 0.0721. The first-order valence-corrected chi connectivity index (χ1v) is 4.05. The van der Waals surface area contributed by atoms with Crippen LogP contribution in [0.2, 0.25) is 0 Å². The van der Waals surface area contributed by atoms with Gasteiger partial charge in [-0.3, -0.25) is 0 Å². The average Bonchev–Trinajstić information content (AvgIpc) is 2.53. The van der Waals surface area contributed by atoms with E-state index in [1.165, 1.54) is 6.21 Å². The number of aryl methyl sites for hydroxylation is 1. The topological polar surface area (TPSA) is 84.6 Å². The SMILES string of the molecule is Cc1noc2c(C=NN)c(O)ccc12. The van der Waals surface area contributed by atoms with Crippen molar-refractivity contribution in [3.63, 3.8) is 0 Å². The van der Waals surface area contributed by atoms with Crippen molar-refractivity contribution in [3.8, 4) is 5.75 Å². The van der Waals surface area contributed by atoms with Crippen LogP contribution in [0, 0.1) is 6.92 Å². The molecule has 1 aromatic heterocycles. The number of nitrogens with two attached hydrogens (primary N) is 1. The summed E-state index contributed by atoms with van der Waals surface area (Å²) in [7, 11) is 0. The summed E-state index contributed by atoms with van der Waals surface area (Å²) < 4.78 is 5.06. The van der Waals surface area contributed by atoms with Crippen molar-refractivity contribution in [2.75, 3.05) is 0 Å². The van der Waals surface area contributed by atoms with Gasteiger partial charge in [-0.05, 0) is 19.1 Å². The molecule has 3 N–H and O–H groups in total. The van der Waals surface area contributed by atoms with Crippen LogP contribution in [0.3, 0.4) is 0 Å². The zero-order valence-corrected chi connectivity index (χ0v) is 7.56. The molecule has 1 heterocycles. The largest absolute Gasteiger partial charge is 0.507 e. The van der Waals surface area contributed by atoms with E-state index < -0.39 is 0 Å². The highest BCUT2D eigenvalue weighted by atomic mass is 16.5. The molecule has 0 bridgehead atoms. The van der Waals surface area contributed by atoms with Gasteiger partial charge < -0.3 is 15.5 Å². The van der Waals surface area contributed by atoms with Crippen molar-refractivity contribution < 1.29 is 9.63 Å². The number of aromatic hydroxyl groups is 1. The molecule has 0 atom stereocenters. The number of hydrogen-bond acceptors (Lipinski definition) is 5. The summed E-state index contributed by atoms with van der Waals surface area (Å²) in [5.74, 6) is 5.10. The van der Waals surface area contributed by atoms with Gasteiger partial charge in [-0.2, -0.15) is 5.10 Å². The molecule has 0 fully saturated rings. The van der Waals surface area contributed by atoms with Gasteiger partial charge in [-0.1, -0.05) is 5.16 Å². The summed E-state index contributed by atoms with van der Waals surface area (Å²) in [6.45, 7) is 1.83. The van der Waals surface area contributed by atoms with Crippen molar-refractivity contribution in [1.29, 1.82) is 0 Å². The van der Waals surface area contributed by atoms with E-state index in [0.29, 0.717) is 11.1 Å². The molecule has 2 rings (SSSR count). The molecule has 0 radical (unpaired) electrons. The Morgan fingerprint density at radius 2 is 2.36 bits per heavy atom. The lowest BCUT2D eigenvalue weighted by molar-refractivity contribution is 0.443. The number of nitrogens with zero attached hydrogens (tertiary/aromatic N) is 2. The predicted octanol–water partition coefficient (Wildman–Crippen LogP) is 1.13. The zero-order chi connectivity index (χ0) is 10.1. The minimum absolute atomic E-state index is 0.0721. The third kappa shape index (κ3) is 1.10. The standard InChI is InChI=1S/C9H9N3O2/c1-5-6-2-3-8(13)7(4-11-10)9(6)14-12-5/h2-4,13H,10H2,1H3. The van der Waals surface area contributed by atoms with Gasteiger partial charge in [0, 0.05) is 5.39 Å². The predicted molar refractivity (Wildman–Crippen MR) is 52.2 cm³/mol. The second-order valence-corrected chi connectivity index (χ2v) is 2.92. The van der Waals surface area contributed by atoms with E-state index >= 15 is 0 Å². The maximum absolute atomic E-state index is 9.51. The highest BCUT2D eigenvalue weighted by Crippen LogP contribution is 2.27. The highest BCUT2D eigenvalue weighted by Gasteiger charge is 2.11. The molecule has 2 aromatic rings. The molecule has 0 aliphatic rings. The molecular formula is C9H9N3O2. The highest BCUT2D eigenvalue weighted by molar-refractivity contribution is 5.99. The van der Waals surface area contributed by atoms with Gasteiger partial charge in [0.15, 0.2) is 5.58 Å². The second-order valence-electron chi connectivity index (χ2n) is 2.92. The molecule has 5 nitrogen and oxygen atoms in total. The smallest absolute Gasteiger partial charge is 0.179 e. The third-order valence-electron chi connectivity index (χ3n) is 2.04. The fourth-order valence-corrected chi connectivity index (χ4v) is 1.33. The number of aromatic nitrogens is 1. The summed E-state index contributed by atoms with van der Waals surface area (Å²) in [6, 6.07) is 3.30.